The molecule has 2 amide bonds. The number of nitrogens with zero attached hydrogens (tertiary/aromatic N) is 4. The first kappa shape index (κ1) is 23.6. The molecule has 4 rings (SSSR count). The first-order valence-corrected chi connectivity index (χ1v) is 11.6. The topological polar surface area (TPSA) is 64.2 Å². The number of ether oxygens (including phenoxy) is 1. The lowest BCUT2D eigenvalue weighted by atomic mass is 9.92. The molecular formula is C24H33F2N5O2. The Morgan fingerprint density at radius 2 is 2.09 bits per heavy atom. The molecule has 3 unspecified atom stereocenters. The monoisotopic (exact) mass is 461 g/mol. The summed E-state index contributed by atoms with van der Waals surface area (Å²) >= 11 is 0. The molecule has 1 N–H and O–H groups in total. The molecule has 2 aliphatic heterocycles. The highest BCUT2D eigenvalue weighted by Crippen LogP contribution is 2.40. The SMILES string of the molecule is CCCN(CCNC1O[C@@H]1C1C(F)=CC(N2CCN(C)C2=O)=CC1F)c1ncc(C)cc1C. The average Bonchev–Trinajstić information content (AvgIpc) is 3.43. The number of epoxide rings is 1. The second-order valence-electron chi connectivity index (χ2n) is 9.06. The van der Waals surface area contributed by atoms with Gasteiger partial charge >= 0.3 is 6.03 Å². The maximum Gasteiger partial charge on any atom is 0.324 e. The van der Waals surface area contributed by atoms with E-state index < -0.39 is 30.2 Å². The zero-order valence-corrected chi connectivity index (χ0v) is 19.7. The number of amides is 2. The molecule has 0 aromatic carbocycles. The van der Waals surface area contributed by atoms with Gasteiger partial charge in [-0.15, -0.1) is 0 Å². The molecular weight excluding hydrogens is 428 g/mol. The minimum absolute atomic E-state index is 0.242. The lowest BCUT2D eigenvalue weighted by molar-refractivity contribution is 0.202. The zero-order valence-electron chi connectivity index (χ0n) is 19.7. The van der Waals surface area contributed by atoms with Crippen LogP contribution in [0.3, 0.4) is 0 Å². The molecule has 0 spiro atoms. The van der Waals surface area contributed by atoms with Crippen LogP contribution in [0.2, 0.25) is 0 Å². The number of carbonyl (C=O) groups excluding carboxylic acids is 1. The Morgan fingerprint density at radius 1 is 1.30 bits per heavy atom. The number of nitrogens with one attached hydrogen (secondary N) is 1. The summed E-state index contributed by atoms with van der Waals surface area (Å²) < 4.78 is 35.3. The Kier molecular flexibility index (Phi) is 6.99. The standard InChI is InChI=1S/C24H33F2N5O2/c1-5-7-30(22-16(3)11-15(2)14-28-22)8-6-27-23-21(33-23)20-18(25)12-17(13-19(20)26)31-10-9-29(4)24(31)32/h11-14,18,20-21,23,27H,5-10H2,1-4H3/t18?,20?,21-,23?/m1/s1. The Bertz CT molecular complexity index is 953. The average molecular weight is 462 g/mol. The van der Waals surface area contributed by atoms with Crippen LogP contribution in [-0.4, -0.2) is 79.1 Å². The van der Waals surface area contributed by atoms with Crippen molar-refractivity contribution in [2.45, 2.75) is 45.7 Å². The minimum Gasteiger partial charge on any atom is -0.355 e. The quantitative estimate of drug-likeness (QED) is 0.572. The van der Waals surface area contributed by atoms with E-state index in [1.165, 1.54) is 22.0 Å². The number of pyridine rings is 1. The number of rotatable bonds is 9. The summed E-state index contributed by atoms with van der Waals surface area (Å²) in [5.41, 5.74) is 2.54. The number of hydrogen-bond acceptors (Lipinski definition) is 5. The van der Waals surface area contributed by atoms with Crippen LogP contribution in [0, 0.1) is 19.8 Å². The second kappa shape index (κ2) is 9.77. The first-order chi connectivity index (χ1) is 15.8. The number of allylic oxidation sites excluding steroid dienone is 2. The molecule has 4 atom stereocenters. The number of aryl methyl sites for hydroxylation is 2. The lowest BCUT2D eigenvalue weighted by Gasteiger charge is -2.26. The highest BCUT2D eigenvalue weighted by Gasteiger charge is 2.51. The van der Waals surface area contributed by atoms with Crippen molar-refractivity contribution in [2.24, 2.45) is 5.92 Å². The molecule has 33 heavy (non-hydrogen) atoms. The molecule has 2 fully saturated rings. The van der Waals surface area contributed by atoms with Crippen LogP contribution in [0.4, 0.5) is 19.4 Å². The smallest absolute Gasteiger partial charge is 0.324 e. The summed E-state index contributed by atoms with van der Waals surface area (Å²) in [6.45, 7) is 9.37. The number of aromatic nitrogens is 1. The van der Waals surface area contributed by atoms with Crippen LogP contribution in [-0.2, 0) is 4.74 Å². The van der Waals surface area contributed by atoms with E-state index in [-0.39, 0.29) is 11.7 Å². The van der Waals surface area contributed by atoms with Crippen LogP contribution >= 0.6 is 0 Å². The second-order valence-corrected chi connectivity index (χ2v) is 9.06. The van der Waals surface area contributed by atoms with Gasteiger partial charge in [0.25, 0.3) is 0 Å². The first-order valence-electron chi connectivity index (χ1n) is 11.6. The third-order valence-corrected chi connectivity index (χ3v) is 6.39. The molecule has 3 heterocycles. The van der Waals surface area contributed by atoms with E-state index in [2.05, 4.69) is 35.1 Å². The van der Waals surface area contributed by atoms with Gasteiger partial charge in [-0.2, -0.15) is 0 Å². The summed E-state index contributed by atoms with van der Waals surface area (Å²) in [6.07, 6.45) is 2.96. The van der Waals surface area contributed by atoms with Crippen LogP contribution in [0.25, 0.3) is 0 Å². The number of hydrogen-bond donors (Lipinski definition) is 1. The molecule has 0 bridgehead atoms. The maximum atomic E-state index is 14.9. The van der Waals surface area contributed by atoms with Crippen LogP contribution in [0.15, 0.2) is 35.9 Å². The molecule has 7 nitrogen and oxygen atoms in total. The van der Waals surface area contributed by atoms with Gasteiger partial charge in [0.2, 0.25) is 0 Å². The lowest BCUT2D eigenvalue weighted by Crippen LogP contribution is -2.37. The van der Waals surface area contributed by atoms with Crippen molar-refractivity contribution in [1.82, 2.24) is 20.1 Å². The van der Waals surface area contributed by atoms with Crippen molar-refractivity contribution in [2.75, 3.05) is 44.7 Å². The predicted octanol–water partition coefficient (Wildman–Crippen LogP) is 3.30. The van der Waals surface area contributed by atoms with Crippen molar-refractivity contribution < 1.29 is 18.3 Å². The van der Waals surface area contributed by atoms with Crippen molar-refractivity contribution in [3.05, 3.63) is 47.1 Å². The number of alkyl halides is 1. The van der Waals surface area contributed by atoms with Gasteiger partial charge in [0.1, 0.15) is 30.1 Å². The normalized spacial score (nSPS) is 27.0. The van der Waals surface area contributed by atoms with Gasteiger partial charge in [-0.05, 0) is 43.5 Å². The number of carbonyl (C=O) groups is 1. The Labute approximate surface area is 194 Å². The van der Waals surface area contributed by atoms with Gasteiger partial charge in [0, 0.05) is 51.7 Å². The molecule has 1 aromatic rings. The van der Waals surface area contributed by atoms with Gasteiger partial charge in [0.05, 0.1) is 5.92 Å². The van der Waals surface area contributed by atoms with E-state index in [4.69, 9.17) is 4.74 Å². The number of urea groups is 1. The highest BCUT2D eigenvalue weighted by atomic mass is 19.1. The van der Waals surface area contributed by atoms with E-state index in [1.54, 1.807) is 7.05 Å². The summed E-state index contributed by atoms with van der Waals surface area (Å²) in [5.74, 6) is -0.611. The predicted molar refractivity (Wildman–Crippen MR) is 123 cm³/mol. The molecule has 1 aliphatic carbocycles. The van der Waals surface area contributed by atoms with Crippen molar-refractivity contribution in [1.29, 1.82) is 0 Å². The Balaban J connectivity index is 1.31. The third kappa shape index (κ3) is 5.04. The van der Waals surface area contributed by atoms with Crippen molar-refractivity contribution >= 4 is 11.8 Å². The number of halogens is 2. The summed E-state index contributed by atoms with van der Waals surface area (Å²) in [4.78, 5) is 21.9. The molecule has 1 aromatic heterocycles. The maximum absolute atomic E-state index is 14.9. The van der Waals surface area contributed by atoms with E-state index in [9.17, 15) is 13.6 Å². The van der Waals surface area contributed by atoms with Crippen molar-refractivity contribution in [3.8, 4) is 0 Å². The largest absolute Gasteiger partial charge is 0.355 e. The van der Waals surface area contributed by atoms with Crippen LogP contribution in [0.5, 0.6) is 0 Å². The van der Waals surface area contributed by atoms with Gasteiger partial charge in [-0.3, -0.25) is 10.2 Å². The van der Waals surface area contributed by atoms with Gasteiger partial charge in [-0.1, -0.05) is 13.0 Å². The van der Waals surface area contributed by atoms with Gasteiger partial charge in [0.15, 0.2) is 0 Å². The molecule has 2 saturated heterocycles. The zero-order chi connectivity index (χ0) is 23.7. The van der Waals surface area contributed by atoms with Gasteiger partial charge < -0.3 is 14.5 Å². The van der Waals surface area contributed by atoms with E-state index in [0.717, 1.165) is 29.9 Å². The summed E-state index contributed by atoms with van der Waals surface area (Å²) in [5, 5.41) is 3.27. The van der Waals surface area contributed by atoms with Gasteiger partial charge in [-0.25, -0.2) is 18.6 Å². The number of anilines is 1. The van der Waals surface area contributed by atoms with E-state index >= 15 is 0 Å². The van der Waals surface area contributed by atoms with E-state index in [0.29, 0.717) is 26.2 Å². The Hall–Kier alpha value is -2.52. The fourth-order valence-electron chi connectivity index (χ4n) is 4.63. The molecule has 3 aliphatic rings. The summed E-state index contributed by atoms with van der Waals surface area (Å²) in [7, 11) is 1.67. The molecule has 0 radical (unpaired) electrons. The molecule has 0 saturated carbocycles. The molecule has 180 valence electrons. The van der Waals surface area contributed by atoms with Crippen LogP contribution < -0.4 is 10.2 Å². The number of likely N-dealkylation sites (N-methyl/N-ethyl adjacent to an activating group) is 1. The molecule has 9 heteroatoms. The fourth-order valence-corrected chi connectivity index (χ4v) is 4.63. The third-order valence-electron chi connectivity index (χ3n) is 6.39. The highest BCUT2D eigenvalue weighted by molar-refractivity contribution is 5.79. The summed E-state index contributed by atoms with van der Waals surface area (Å²) in [6, 6.07) is 1.88. The fraction of sp³-hybridized carbons (Fsp3) is 0.583. The minimum atomic E-state index is -1.54. The van der Waals surface area contributed by atoms with E-state index in [1.807, 2.05) is 13.1 Å². The van der Waals surface area contributed by atoms with Crippen LogP contribution in [0.1, 0.15) is 24.5 Å². The Morgan fingerprint density at radius 3 is 2.73 bits per heavy atom. The van der Waals surface area contributed by atoms with Crippen molar-refractivity contribution in [3.63, 3.8) is 0 Å².